The number of hydrogen-bond donors (Lipinski definition) is 2. The van der Waals surface area contributed by atoms with Crippen molar-refractivity contribution in [2.75, 3.05) is 5.32 Å². The highest BCUT2D eigenvalue weighted by atomic mass is 79.9. The highest BCUT2D eigenvalue weighted by Gasteiger charge is 2.17. The number of nitro benzene ring substituents is 1. The molecular formula is C16H16BrN3O3. The van der Waals surface area contributed by atoms with Gasteiger partial charge in [0.05, 0.1) is 11.0 Å². The maximum atomic E-state index is 11.3. The zero-order valence-corrected chi connectivity index (χ0v) is 14.3. The van der Waals surface area contributed by atoms with Gasteiger partial charge in [-0.2, -0.15) is 0 Å². The lowest BCUT2D eigenvalue weighted by atomic mass is 10.1. The van der Waals surface area contributed by atoms with Crippen LogP contribution in [-0.2, 0) is 4.79 Å². The van der Waals surface area contributed by atoms with E-state index in [-0.39, 0.29) is 17.6 Å². The molecule has 0 aliphatic carbocycles. The van der Waals surface area contributed by atoms with Gasteiger partial charge in [-0.25, -0.2) is 0 Å². The zero-order chi connectivity index (χ0) is 17.0. The molecule has 2 aromatic carbocycles. The van der Waals surface area contributed by atoms with Gasteiger partial charge in [-0.3, -0.25) is 14.9 Å². The molecule has 1 atom stereocenters. The van der Waals surface area contributed by atoms with Gasteiger partial charge in [-0.05, 0) is 36.8 Å². The van der Waals surface area contributed by atoms with E-state index in [4.69, 9.17) is 0 Å². The summed E-state index contributed by atoms with van der Waals surface area (Å²) >= 11 is 3.36. The molecule has 0 aromatic heterocycles. The molecule has 6 nitrogen and oxygen atoms in total. The van der Waals surface area contributed by atoms with Crippen LogP contribution < -0.4 is 10.6 Å². The van der Waals surface area contributed by atoms with Gasteiger partial charge in [-0.1, -0.05) is 28.1 Å². The predicted octanol–water partition coefficient (Wildman–Crippen LogP) is 4.30. The molecule has 0 heterocycles. The second-order valence-electron chi connectivity index (χ2n) is 5.09. The molecular weight excluding hydrogens is 362 g/mol. The van der Waals surface area contributed by atoms with Gasteiger partial charge in [0, 0.05) is 23.2 Å². The van der Waals surface area contributed by atoms with Gasteiger partial charge >= 0.3 is 0 Å². The Kier molecular flexibility index (Phi) is 5.33. The summed E-state index contributed by atoms with van der Waals surface area (Å²) in [5, 5.41) is 17.1. The second kappa shape index (κ2) is 7.23. The van der Waals surface area contributed by atoms with E-state index in [1.54, 1.807) is 19.1 Å². The largest absolute Gasteiger partial charge is 0.350 e. The summed E-state index contributed by atoms with van der Waals surface area (Å²) in [6.45, 7) is 3.19. The first-order valence-electron chi connectivity index (χ1n) is 6.95. The summed E-state index contributed by atoms with van der Waals surface area (Å²) < 4.78 is 0.876. The molecule has 2 N–H and O–H groups in total. The molecule has 0 bridgehead atoms. The summed E-state index contributed by atoms with van der Waals surface area (Å²) in [6, 6.07) is 11.9. The number of carbonyl (C=O) groups excluding carboxylic acids is 1. The quantitative estimate of drug-likeness (QED) is 0.600. The average molecular weight is 378 g/mol. The van der Waals surface area contributed by atoms with Crippen molar-refractivity contribution < 1.29 is 9.72 Å². The lowest BCUT2D eigenvalue weighted by Crippen LogP contribution is -2.23. The zero-order valence-electron chi connectivity index (χ0n) is 12.7. The number of nitrogens with one attached hydrogen (secondary N) is 2. The summed E-state index contributed by atoms with van der Waals surface area (Å²) in [7, 11) is 0. The van der Waals surface area contributed by atoms with Crippen LogP contribution in [0.3, 0.4) is 0 Å². The second-order valence-corrected chi connectivity index (χ2v) is 6.01. The summed E-state index contributed by atoms with van der Waals surface area (Å²) in [5.74, 6) is -0.184. The number of rotatable bonds is 5. The number of benzene rings is 2. The number of anilines is 2. The normalized spacial score (nSPS) is 11.6. The van der Waals surface area contributed by atoms with Crippen molar-refractivity contribution in [2.24, 2.45) is 0 Å². The topological polar surface area (TPSA) is 84.3 Å². The number of amides is 1. The molecule has 120 valence electrons. The van der Waals surface area contributed by atoms with Crippen LogP contribution in [0.5, 0.6) is 0 Å². The monoisotopic (exact) mass is 377 g/mol. The number of carbonyl (C=O) groups is 1. The first kappa shape index (κ1) is 17.0. The van der Waals surface area contributed by atoms with Crippen LogP contribution in [0, 0.1) is 10.1 Å². The third kappa shape index (κ3) is 4.53. The van der Waals surface area contributed by atoms with Gasteiger partial charge in [0.25, 0.3) is 5.69 Å². The average Bonchev–Trinajstić information content (AvgIpc) is 2.46. The number of nitro groups is 1. The highest BCUT2D eigenvalue weighted by molar-refractivity contribution is 9.10. The molecule has 23 heavy (non-hydrogen) atoms. The maximum absolute atomic E-state index is 11.3. The lowest BCUT2D eigenvalue weighted by molar-refractivity contribution is -0.384. The summed E-state index contributed by atoms with van der Waals surface area (Å²) in [5.41, 5.74) is 1.77. The van der Waals surface area contributed by atoms with Crippen molar-refractivity contribution in [3.8, 4) is 0 Å². The lowest BCUT2D eigenvalue weighted by Gasteiger charge is -2.14. The Labute approximate surface area is 142 Å². The predicted molar refractivity (Wildman–Crippen MR) is 92.8 cm³/mol. The van der Waals surface area contributed by atoms with Crippen molar-refractivity contribution in [1.29, 1.82) is 0 Å². The SMILES string of the molecule is CC(=O)N[C@H](C)c1ccc(Nc2cccc(Br)c2)c([N+](=O)[O-])c1. The minimum atomic E-state index is -0.440. The van der Waals surface area contributed by atoms with Crippen LogP contribution in [0.1, 0.15) is 25.5 Å². The third-order valence-corrected chi connectivity index (χ3v) is 3.74. The summed E-state index contributed by atoms with van der Waals surface area (Å²) in [6.07, 6.45) is 0. The van der Waals surface area contributed by atoms with Crippen LogP contribution in [0.2, 0.25) is 0 Å². The molecule has 0 spiro atoms. The first-order valence-corrected chi connectivity index (χ1v) is 7.74. The Morgan fingerprint density at radius 2 is 2.00 bits per heavy atom. The van der Waals surface area contributed by atoms with E-state index in [1.165, 1.54) is 13.0 Å². The smallest absolute Gasteiger partial charge is 0.293 e. The Hall–Kier alpha value is -2.41. The van der Waals surface area contributed by atoms with Crippen molar-refractivity contribution in [2.45, 2.75) is 19.9 Å². The standard InChI is InChI=1S/C16H16BrN3O3/c1-10(18-11(2)21)12-6-7-15(16(8-12)20(22)23)19-14-5-3-4-13(17)9-14/h3-10,19H,1-2H3,(H,18,21)/t10-/m1/s1. The van der Waals surface area contributed by atoms with Crippen LogP contribution in [0.4, 0.5) is 17.1 Å². The van der Waals surface area contributed by atoms with Gasteiger partial charge in [0.1, 0.15) is 5.69 Å². The number of hydrogen-bond acceptors (Lipinski definition) is 4. The number of halogens is 1. The minimum Gasteiger partial charge on any atom is -0.350 e. The van der Waals surface area contributed by atoms with Crippen LogP contribution in [0.25, 0.3) is 0 Å². The molecule has 0 unspecified atom stereocenters. The maximum Gasteiger partial charge on any atom is 0.293 e. The van der Waals surface area contributed by atoms with Gasteiger partial charge in [0.15, 0.2) is 0 Å². The fourth-order valence-corrected chi connectivity index (χ4v) is 2.58. The Balaban J connectivity index is 2.33. The van der Waals surface area contributed by atoms with E-state index in [1.807, 2.05) is 24.3 Å². The molecule has 0 saturated heterocycles. The fourth-order valence-electron chi connectivity index (χ4n) is 2.18. The van der Waals surface area contributed by atoms with E-state index in [9.17, 15) is 14.9 Å². The fraction of sp³-hybridized carbons (Fsp3) is 0.188. The third-order valence-electron chi connectivity index (χ3n) is 3.24. The Morgan fingerprint density at radius 1 is 1.26 bits per heavy atom. The number of nitrogens with zero attached hydrogens (tertiary/aromatic N) is 1. The van der Waals surface area contributed by atoms with Crippen LogP contribution in [0.15, 0.2) is 46.9 Å². The van der Waals surface area contributed by atoms with Gasteiger partial charge in [-0.15, -0.1) is 0 Å². The van der Waals surface area contributed by atoms with Crippen molar-refractivity contribution in [1.82, 2.24) is 5.32 Å². The molecule has 0 aliphatic heterocycles. The van der Waals surface area contributed by atoms with E-state index in [2.05, 4.69) is 26.6 Å². The highest BCUT2D eigenvalue weighted by Crippen LogP contribution is 2.31. The van der Waals surface area contributed by atoms with Gasteiger partial charge in [0.2, 0.25) is 5.91 Å². The Morgan fingerprint density at radius 3 is 2.61 bits per heavy atom. The molecule has 0 radical (unpaired) electrons. The molecule has 0 aliphatic rings. The van der Waals surface area contributed by atoms with Gasteiger partial charge < -0.3 is 10.6 Å². The van der Waals surface area contributed by atoms with Crippen LogP contribution >= 0.6 is 15.9 Å². The first-order chi connectivity index (χ1) is 10.9. The van der Waals surface area contributed by atoms with E-state index >= 15 is 0 Å². The molecule has 2 aromatic rings. The molecule has 7 heteroatoms. The minimum absolute atomic E-state index is 0.0420. The van der Waals surface area contributed by atoms with Crippen molar-refractivity contribution >= 4 is 38.9 Å². The van der Waals surface area contributed by atoms with E-state index in [0.717, 1.165) is 10.2 Å². The van der Waals surface area contributed by atoms with Crippen LogP contribution in [-0.4, -0.2) is 10.8 Å². The molecule has 2 rings (SSSR count). The summed E-state index contributed by atoms with van der Waals surface area (Å²) in [4.78, 5) is 22.0. The molecule has 0 fully saturated rings. The van der Waals surface area contributed by atoms with E-state index < -0.39 is 4.92 Å². The van der Waals surface area contributed by atoms with Crippen molar-refractivity contribution in [3.63, 3.8) is 0 Å². The van der Waals surface area contributed by atoms with E-state index in [0.29, 0.717) is 11.3 Å². The van der Waals surface area contributed by atoms with Crippen molar-refractivity contribution in [3.05, 3.63) is 62.6 Å². The molecule has 1 amide bonds. The Bertz CT molecular complexity index is 749. The molecule has 0 saturated carbocycles.